The molecule has 1 aliphatic rings. The Morgan fingerprint density at radius 3 is 2.56 bits per heavy atom. The van der Waals surface area contributed by atoms with Gasteiger partial charge in [0.15, 0.2) is 11.5 Å². The maximum Gasteiger partial charge on any atom is 0.573 e. The first kappa shape index (κ1) is 25.6. The molecule has 1 aromatic carbocycles. The molecule has 1 unspecified atom stereocenters. The highest BCUT2D eigenvalue weighted by Gasteiger charge is 2.43. The van der Waals surface area contributed by atoms with Gasteiger partial charge >= 0.3 is 6.36 Å². The Morgan fingerprint density at radius 1 is 1.26 bits per heavy atom. The van der Waals surface area contributed by atoms with Crippen LogP contribution in [0.1, 0.15) is 52.6 Å². The number of carbonyl (C=O) groups excluding carboxylic acids is 3. The molecule has 2 aromatic rings. The summed E-state index contributed by atoms with van der Waals surface area (Å²) < 4.78 is 69.9. The van der Waals surface area contributed by atoms with Crippen molar-refractivity contribution in [3.8, 4) is 11.5 Å². The quantitative estimate of drug-likeness (QED) is 0.396. The third-order valence-corrected chi connectivity index (χ3v) is 6.17. The summed E-state index contributed by atoms with van der Waals surface area (Å²) in [5, 5.41) is 4.04. The number of nitrogens with zero attached hydrogens (tertiary/aromatic N) is 1. The Kier molecular flexibility index (Phi) is 7.63. The first-order chi connectivity index (χ1) is 15.9. The molecule has 0 spiro atoms. The Hall–Kier alpha value is -2.97. The topological polar surface area (TPSA) is 125 Å². The fourth-order valence-electron chi connectivity index (χ4n) is 3.47. The van der Waals surface area contributed by atoms with E-state index in [1.165, 1.54) is 31.4 Å². The summed E-state index contributed by atoms with van der Waals surface area (Å²) in [7, 11) is 0. The van der Waals surface area contributed by atoms with Gasteiger partial charge < -0.3 is 19.3 Å². The number of thiophene rings is 1. The largest absolute Gasteiger partial charge is 0.772 e. The maximum atomic E-state index is 13.2. The van der Waals surface area contributed by atoms with E-state index in [2.05, 4.69) is 10.1 Å². The van der Waals surface area contributed by atoms with Crippen LogP contribution in [0, 0.1) is 0 Å². The van der Waals surface area contributed by atoms with Crippen LogP contribution in [0.5, 0.6) is 11.5 Å². The average Bonchev–Trinajstić information content (AvgIpc) is 3.23. The van der Waals surface area contributed by atoms with Gasteiger partial charge in [-0.25, -0.2) is 0 Å². The molecule has 14 heteroatoms. The van der Waals surface area contributed by atoms with E-state index in [9.17, 15) is 36.3 Å². The summed E-state index contributed by atoms with van der Waals surface area (Å²) in [4.78, 5) is 38.6. The van der Waals surface area contributed by atoms with Crippen molar-refractivity contribution >= 4 is 45.1 Å². The van der Waals surface area contributed by atoms with E-state index in [1.807, 2.05) is 0 Å². The molecule has 0 aliphatic carbocycles. The summed E-state index contributed by atoms with van der Waals surface area (Å²) in [6, 6.07) is 2.20. The van der Waals surface area contributed by atoms with Crippen LogP contribution in [0.2, 0.25) is 0 Å². The molecule has 0 saturated carbocycles. The minimum absolute atomic E-state index is 0.00837. The van der Waals surface area contributed by atoms with Gasteiger partial charge in [0.2, 0.25) is 5.91 Å². The van der Waals surface area contributed by atoms with E-state index in [-0.39, 0.29) is 40.5 Å². The fourth-order valence-corrected chi connectivity index (χ4v) is 4.85. The third kappa shape index (κ3) is 5.56. The third-order valence-electron chi connectivity index (χ3n) is 4.71. The number of imide groups is 1. The molecule has 1 aromatic heterocycles. The Labute approximate surface area is 198 Å². The second-order valence-corrected chi connectivity index (χ2v) is 8.91. The number of anilines is 1. The van der Waals surface area contributed by atoms with E-state index in [4.69, 9.17) is 4.74 Å². The van der Waals surface area contributed by atoms with Crippen LogP contribution in [-0.4, -0.2) is 50.1 Å². The Bertz CT molecular complexity index is 1150. The number of carbonyl (C=O) groups is 3. The zero-order valence-corrected chi connectivity index (χ0v) is 19.4. The van der Waals surface area contributed by atoms with Crippen LogP contribution in [0.3, 0.4) is 0 Å². The highest BCUT2D eigenvalue weighted by atomic mass is 32.2. The van der Waals surface area contributed by atoms with Crippen LogP contribution in [0.15, 0.2) is 23.6 Å². The molecule has 2 atom stereocenters. The normalized spacial score (nSPS) is 15.2. The molecule has 0 bridgehead atoms. The van der Waals surface area contributed by atoms with Crippen molar-refractivity contribution in [1.29, 1.82) is 0 Å². The molecular formula is C20H18F3N2O7S2-. The number of hydrogen-bond donors (Lipinski definition) is 1. The maximum absolute atomic E-state index is 13.2. The van der Waals surface area contributed by atoms with Crippen LogP contribution in [-0.2, 0) is 15.9 Å². The summed E-state index contributed by atoms with van der Waals surface area (Å²) in [6.45, 7) is 2.76. The summed E-state index contributed by atoms with van der Waals surface area (Å²) in [5.74, 6) is -3.29. The number of rotatable bonds is 9. The van der Waals surface area contributed by atoms with E-state index >= 15 is 0 Å². The van der Waals surface area contributed by atoms with Crippen molar-refractivity contribution in [3.05, 3.63) is 40.3 Å². The zero-order chi connectivity index (χ0) is 25.2. The van der Waals surface area contributed by atoms with Gasteiger partial charge in [-0.05, 0) is 31.0 Å². The summed E-state index contributed by atoms with van der Waals surface area (Å²) in [6.07, 6.45) is -5.21. The van der Waals surface area contributed by atoms with Gasteiger partial charge in [0, 0.05) is 18.1 Å². The molecule has 2 heterocycles. The Balaban J connectivity index is 2.04. The molecular weight excluding hydrogens is 501 g/mol. The number of nitrogens with one attached hydrogen (secondary N) is 1. The number of amides is 3. The van der Waals surface area contributed by atoms with E-state index in [1.54, 1.807) is 0 Å². The van der Waals surface area contributed by atoms with Gasteiger partial charge in [-0.2, -0.15) is 0 Å². The van der Waals surface area contributed by atoms with Gasteiger partial charge in [-0.15, -0.1) is 24.5 Å². The van der Waals surface area contributed by atoms with Gasteiger partial charge in [-0.3, -0.25) is 23.5 Å². The van der Waals surface area contributed by atoms with Gasteiger partial charge in [-0.1, -0.05) is 17.1 Å². The first-order valence-electron chi connectivity index (χ1n) is 9.78. The van der Waals surface area contributed by atoms with Crippen LogP contribution >= 0.6 is 11.3 Å². The van der Waals surface area contributed by atoms with E-state index < -0.39 is 52.7 Å². The second-order valence-electron chi connectivity index (χ2n) is 7.01. The monoisotopic (exact) mass is 519 g/mol. The predicted octanol–water partition coefficient (Wildman–Crippen LogP) is 3.61. The van der Waals surface area contributed by atoms with Crippen LogP contribution in [0.4, 0.5) is 18.2 Å². The second kappa shape index (κ2) is 10.1. The Morgan fingerprint density at radius 2 is 1.97 bits per heavy atom. The molecule has 1 N–H and O–H groups in total. The van der Waals surface area contributed by atoms with Crippen molar-refractivity contribution in [2.45, 2.75) is 32.7 Å². The van der Waals surface area contributed by atoms with Crippen molar-refractivity contribution in [1.82, 2.24) is 4.90 Å². The number of hydrogen-bond acceptors (Lipinski definition) is 8. The smallest absolute Gasteiger partial charge is 0.573 e. The van der Waals surface area contributed by atoms with Gasteiger partial charge in [0.05, 0.1) is 23.8 Å². The number of fused-ring (bicyclic) bond motifs is 1. The van der Waals surface area contributed by atoms with Crippen molar-refractivity contribution in [2.24, 2.45) is 0 Å². The average molecular weight is 519 g/mol. The van der Waals surface area contributed by atoms with Crippen LogP contribution < -0.4 is 14.8 Å². The highest BCUT2D eigenvalue weighted by Crippen LogP contribution is 2.42. The van der Waals surface area contributed by atoms with Crippen molar-refractivity contribution < 1.29 is 45.8 Å². The minimum Gasteiger partial charge on any atom is -0.772 e. The van der Waals surface area contributed by atoms with E-state index in [0.29, 0.717) is 0 Å². The zero-order valence-electron chi connectivity index (χ0n) is 17.8. The SMILES string of the molecule is CCOc1cc([C@H](CCS(=O)[O-])N2C(=O)c3csc(NC(C)=O)c3C2=O)ccc1OC(F)(F)F. The molecule has 9 nitrogen and oxygen atoms in total. The first-order valence-corrected chi connectivity index (χ1v) is 11.9. The lowest BCUT2D eigenvalue weighted by Gasteiger charge is -2.28. The summed E-state index contributed by atoms with van der Waals surface area (Å²) in [5.41, 5.74) is 0.176. The summed E-state index contributed by atoms with van der Waals surface area (Å²) >= 11 is -1.53. The molecule has 0 radical (unpaired) electrons. The lowest BCUT2D eigenvalue weighted by atomic mass is 10.0. The lowest BCUT2D eigenvalue weighted by molar-refractivity contribution is -0.275. The van der Waals surface area contributed by atoms with Crippen LogP contribution in [0.25, 0.3) is 0 Å². The number of halogens is 3. The number of alkyl halides is 3. The van der Waals surface area contributed by atoms with Gasteiger partial charge in [0.25, 0.3) is 11.8 Å². The standard InChI is InChI=1S/C20H19F3N2O7S2/c1-3-31-15-8-11(4-5-14(15)32-20(21,22)23)13(6-7-34(29)30)25-18(27)12-9-33-17(24-10(2)26)16(12)19(25)28/h4-5,8-9,13H,3,6-7H2,1-2H3,(H,24,26)(H,29,30)/p-1/t13-/m0/s1. The molecule has 184 valence electrons. The molecule has 0 fully saturated rings. The van der Waals surface area contributed by atoms with E-state index in [0.717, 1.165) is 22.3 Å². The molecule has 3 amide bonds. The fraction of sp³-hybridized carbons (Fsp3) is 0.350. The number of benzene rings is 1. The molecule has 1 aliphatic heterocycles. The minimum atomic E-state index is -4.98. The molecule has 3 rings (SSSR count). The molecule has 0 saturated heterocycles. The van der Waals surface area contributed by atoms with Gasteiger partial charge in [0.1, 0.15) is 5.00 Å². The highest BCUT2D eigenvalue weighted by molar-refractivity contribution is 7.79. The predicted molar refractivity (Wildman–Crippen MR) is 115 cm³/mol. The van der Waals surface area contributed by atoms with Crippen molar-refractivity contribution in [3.63, 3.8) is 0 Å². The number of ether oxygens (including phenoxy) is 2. The lowest BCUT2D eigenvalue weighted by Crippen LogP contribution is -2.35. The van der Waals surface area contributed by atoms with Crippen molar-refractivity contribution in [2.75, 3.05) is 17.7 Å². The molecule has 34 heavy (non-hydrogen) atoms.